The summed E-state index contributed by atoms with van der Waals surface area (Å²) < 4.78 is 0.773. The van der Waals surface area contributed by atoms with E-state index in [4.69, 9.17) is 0 Å². The van der Waals surface area contributed by atoms with Gasteiger partial charge in [-0.2, -0.15) is 0 Å². The topological polar surface area (TPSA) is 54.5 Å². The average molecular weight is 277 g/mol. The zero-order valence-corrected chi connectivity index (χ0v) is 9.92. The number of rotatable bonds is 0. The van der Waals surface area contributed by atoms with Crippen LogP contribution in [0.25, 0.3) is 11.0 Å². The van der Waals surface area contributed by atoms with Gasteiger partial charge in [0.2, 0.25) is 0 Å². The Kier molecular flexibility index (Phi) is 3.61. The van der Waals surface area contributed by atoms with Gasteiger partial charge < -0.3 is 4.98 Å². The van der Waals surface area contributed by atoms with Gasteiger partial charge in [-0.1, -0.05) is 12.1 Å². The Morgan fingerprint density at radius 1 is 1.06 bits per heavy atom. The number of nitrogens with zero attached hydrogens (tertiary/aromatic N) is 3. The molecule has 2 heterocycles. The van der Waals surface area contributed by atoms with Crippen LogP contribution in [0.3, 0.4) is 0 Å². The summed E-state index contributed by atoms with van der Waals surface area (Å²) in [6.45, 7) is 0. The molecule has 0 aliphatic rings. The molecular weight excluding hydrogens is 268 g/mol. The molecule has 4 nitrogen and oxygen atoms in total. The normalized spacial score (nSPS) is 9.56. The van der Waals surface area contributed by atoms with Crippen LogP contribution < -0.4 is 0 Å². The van der Waals surface area contributed by atoms with Crippen molar-refractivity contribution in [2.45, 2.75) is 0 Å². The van der Waals surface area contributed by atoms with Gasteiger partial charge in [0, 0.05) is 12.4 Å². The van der Waals surface area contributed by atoms with E-state index in [9.17, 15) is 0 Å². The summed E-state index contributed by atoms with van der Waals surface area (Å²) in [5.74, 6) is 0. The molecule has 80 valence electrons. The molecule has 0 unspecified atom stereocenters. The number of imidazole rings is 1. The highest BCUT2D eigenvalue weighted by atomic mass is 79.9. The number of H-pyrrole nitrogens is 1. The van der Waals surface area contributed by atoms with Crippen molar-refractivity contribution < 1.29 is 0 Å². The predicted molar refractivity (Wildman–Crippen MR) is 65.8 cm³/mol. The highest BCUT2D eigenvalue weighted by Crippen LogP contribution is 2.05. The Hall–Kier alpha value is -1.75. The molecule has 2 aromatic heterocycles. The van der Waals surface area contributed by atoms with Crippen molar-refractivity contribution in [1.29, 1.82) is 0 Å². The summed E-state index contributed by atoms with van der Waals surface area (Å²) in [5, 5.41) is 0. The van der Waals surface area contributed by atoms with Gasteiger partial charge in [-0.3, -0.25) is 4.98 Å². The van der Waals surface area contributed by atoms with E-state index in [1.165, 1.54) is 0 Å². The van der Waals surface area contributed by atoms with Gasteiger partial charge in [0.25, 0.3) is 0 Å². The minimum Gasteiger partial charge on any atom is -0.345 e. The number of halogens is 1. The van der Waals surface area contributed by atoms with Gasteiger partial charge in [-0.15, -0.1) is 0 Å². The fraction of sp³-hybridized carbons (Fsp3) is 0. The van der Waals surface area contributed by atoms with Gasteiger partial charge in [0.15, 0.2) is 0 Å². The summed E-state index contributed by atoms with van der Waals surface area (Å²) in [7, 11) is 0. The molecular formula is C11H9BrN4. The molecule has 5 heteroatoms. The second-order valence-electron chi connectivity index (χ2n) is 2.95. The van der Waals surface area contributed by atoms with Gasteiger partial charge in [-0.05, 0) is 28.1 Å². The molecule has 1 N–H and O–H groups in total. The van der Waals surface area contributed by atoms with Crippen molar-refractivity contribution in [3.8, 4) is 0 Å². The van der Waals surface area contributed by atoms with Crippen LogP contribution in [-0.4, -0.2) is 19.9 Å². The molecule has 0 spiro atoms. The van der Waals surface area contributed by atoms with Crippen LogP contribution in [-0.2, 0) is 0 Å². The molecule has 16 heavy (non-hydrogen) atoms. The van der Waals surface area contributed by atoms with Gasteiger partial charge in [-0.25, -0.2) is 9.97 Å². The largest absolute Gasteiger partial charge is 0.345 e. The summed E-state index contributed by atoms with van der Waals surface area (Å²) in [6.07, 6.45) is 6.60. The molecule has 0 fully saturated rings. The van der Waals surface area contributed by atoms with E-state index in [1.807, 2.05) is 24.3 Å². The average Bonchev–Trinajstić information content (AvgIpc) is 2.79. The zero-order chi connectivity index (χ0) is 11.2. The number of aromatic amines is 1. The molecule has 0 radical (unpaired) electrons. The van der Waals surface area contributed by atoms with E-state index in [2.05, 4.69) is 35.9 Å². The highest BCUT2D eigenvalue weighted by Gasteiger charge is 1.88. The van der Waals surface area contributed by atoms with Crippen molar-refractivity contribution in [3.05, 3.63) is 53.8 Å². The Labute approximate surface area is 101 Å². The number of benzene rings is 1. The lowest BCUT2D eigenvalue weighted by atomic mass is 10.3. The number of fused-ring (bicyclic) bond motifs is 1. The second-order valence-corrected chi connectivity index (χ2v) is 3.76. The van der Waals surface area contributed by atoms with E-state index >= 15 is 0 Å². The lowest BCUT2D eigenvalue weighted by Crippen LogP contribution is -1.72. The summed E-state index contributed by atoms with van der Waals surface area (Å²) in [4.78, 5) is 14.7. The maximum atomic E-state index is 4.06. The molecule has 0 amide bonds. The zero-order valence-electron chi connectivity index (χ0n) is 8.34. The van der Waals surface area contributed by atoms with Crippen LogP contribution in [0.5, 0.6) is 0 Å². The predicted octanol–water partition coefficient (Wildman–Crippen LogP) is 2.80. The first kappa shape index (κ1) is 10.8. The number of nitrogens with one attached hydrogen (secondary N) is 1. The van der Waals surface area contributed by atoms with Crippen molar-refractivity contribution in [1.82, 2.24) is 19.9 Å². The number of aromatic nitrogens is 4. The molecule has 3 rings (SSSR count). The standard InChI is InChI=1S/C7H6N2.C4H3BrN2/c1-2-4-7-6(3-1)8-5-9-7;5-4-3-6-1-2-7-4/h1-5H,(H,8,9);1-3H. The van der Waals surface area contributed by atoms with Crippen molar-refractivity contribution in [2.24, 2.45) is 0 Å². The SMILES string of the molecule is Brc1cnccn1.c1ccc2[nH]cnc2c1. The maximum Gasteiger partial charge on any atom is 0.124 e. The smallest absolute Gasteiger partial charge is 0.124 e. The van der Waals surface area contributed by atoms with Gasteiger partial charge in [0.05, 0.1) is 23.6 Å². The summed E-state index contributed by atoms with van der Waals surface area (Å²) in [5.41, 5.74) is 2.12. The molecule has 3 aromatic rings. The van der Waals surface area contributed by atoms with Crippen LogP contribution in [0, 0.1) is 0 Å². The number of hydrogen-bond acceptors (Lipinski definition) is 3. The molecule has 0 saturated heterocycles. The minimum atomic E-state index is 0.773. The lowest BCUT2D eigenvalue weighted by molar-refractivity contribution is 1.16. The van der Waals surface area contributed by atoms with Crippen molar-refractivity contribution in [3.63, 3.8) is 0 Å². The van der Waals surface area contributed by atoms with Crippen LogP contribution in [0.4, 0.5) is 0 Å². The summed E-state index contributed by atoms with van der Waals surface area (Å²) >= 11 is 3.14. The third kappa shape index (κ3) is 2.87. The molecule has 0 aliphatic carbocycles. The van der Waals surface area contributed by atoms with E-state index < -0.39 is 0 Å². The van der Waals surface area contributed by atoms with E-state index in [1.54, 1.807) is 24.9 Å². The third-order valence-electron chi connectivity index (χ3n) is 1.86. The van der Waals surface area contributed by atoms with E-state index in [0.29, 0.717) is 0 Å². The Morgan fingerprint density at radius 2 is 1.94 bits per heavy atom. The number of para-hydroxylation sites is 2. The Balaban J connectivity index is 0.000000125. The first-order valence-corrected chi connectivity index (χ1v) is 5.45. The molecule has 1 aromatic carbocycles. The first-order valence-electron chi connectivity index (χ1n) is 4.66. The Bertz CT molecular complexity index is 520. The summed E-state index contributed by atoms with van der Waals surface area (Å²) in [6, 6.07) is 7.94. The highest BCUT2D eigenvalue weighted by molar-refractivity contribution is 9.10. The fourth-order valence-corrected chi connectivity index (χ4v) is 1.40. The van der Waals surface area contributed by atoms with E-state index in [0.717, 1.165) is 15.6 Å². The quantitative estimate of drug-likeness (QED) is 0.687. The molecule has 0 atom stereocenters. The van der Waals surface area contributed by atoms with Crippen LogP contribution in [0.15, 0.2) is 53.8 Å². The number of hydrogen-bond donors (Lipinski definition) is 1. The monoisotopic (exact) mass is 276 g/mol. The molecule has 0 aliphatic heterocycles. The van der Waals surface area contributed by atoms with Crippen LogP contribution in [0.1, 0.15) is 0 Å². The fourth-order valence-electron chi connectivity index (χ4n) is 1.16. The Morgan fingerprint density at radius 3 is 2.56 bits per heavy atom. The second kappa shape index (κ2) is 5.37. The first-order chi connectivity index (χ1) is 7.86. The van der Waals surface area contributed by atoms with Crippen molar-refractivity contribution in [2.75, 3.05) is 0 Å². The van der Waals surface area contributed by atoms with Gasteiger partial charge in [0.1, 0.15) is 4.60 Å². The third-order valence-corrected chi connectivity index (χ3v) is 2.27. The molecule has 0 saturated carbocycles. The maximum absolute atomic E-state index is 4.06. The van der Waals surface area contributed by atoms with E-state index in [-0.39, 0.29) is 0 Å². The molecule has 0 bridgehead atoms. The minimum absolute atomic E-state index is 0.773. The van der Waals surface area contributed by atoms with Gasteiger partial charge >= 0.3 is 0 Å². The lowest BCUT2D eigenvalue weighted by Gasteiger charge is -1.81. The van der Waals surface area contributed by atoms with Crippen molar-refractivity contribution >= 4 is 27.0 Å². The van der Waals surface area contributed by atoms with Crippen LogP contribution >= 0.6 is 15.9 Å². The van der Waals surface area contributed by atoms with Crippen LogP contribution in [0.2, 0.25) is 0 Å².